The zero-order valence-corrected chi connectivity index (χ0v) is 14.3. The summed E-state index contributed by atoms with van der Waals surface area (Å²) in [6, 6.07) is 14.8. The molecule has 4 rings (SSSR count). The molecule has 3 aromatic rings. The van der Waals surface area contributed by atoms with Gasteiger partial charge >= 0.3 is 0 Å². The number of hydrogen-bond acceptors (Lipinski definition) is 3. The maximum Gasteiger partial charge on any atom is 0.229 e. The van der Waals surface area contributed by atoms with Gasteiger partial charge in [-0.1, -0.05) is 24.3 Å². The average molecular weight is 397 g/mol. The summed E-state index contributed by atoms with van der Waals surface area (Å²) in [4.78, 5) is 25.2. The second-order valence-corrected chi connectivity index (χ2v) is 6.48. The zero-order valence-electron chi connectivity index (χ0n) is 12.8. The number of fused-ring (bicyclic) bond motifs is 2. The van der Waals surface area contributed by atoms with Crippen molar-refractivity contribution in [2.75, 3.05) is 0 Å². The average Bonchev–Trinajstić information content (AvgIpc) is 2.60. The molecule has 1 aliphatic carbocycles. The normalized spacial score (nSPS) is 13.6. The minimum absolute atomic E-state index is 0.0833. The van der Waals surface area contributed by atoms with E-state index in [1.165, 1.54) is 24.3 Å². The van der Waals surface area contributed by atoms with E-state index >= 15 is 0 Å². The minimum atomic E-state index is -0.434. The third kappa shape index (κ3) is 2.76. The van der Waals surface area contributed by atoms with Gasteiger partial charge in [0, 0.05) is 17.2 Å². The van der Waals surface area contributed by atoms with Crippen LogP contribution in [0.15, 0.2) is 70.9 Å². The maximum atomic E-state index is 13.2. The lowest BCUT2D eigenvalue weighted by atomic mass is 9.90. The Kier molecular flexibility index (Phi) is 3.73. The molecule has 0 atom stereocenters. The van der Waals surface area contributed by atoms with Crippen molar-refractivity contribution >= 4 is 38.3 Å². The highest BCUT2D eigenvalue weighted by atomic mass is 79.9. The van der Waals surface area contributed by atoms with Gasteiger partial charge in [0.05, 0.1) is 4.47 Å². The monoisotopic (exact) mass is 396 g/mol. The minimum Gasteiger partial charge on any atom is -0.452 e. The summed E-state index contributed by atoms with van der Waals surface area (Å²) in [6.45, 7) is 0. The topological polar surface area (TPSA) is 43.4 Å². The van der Waals surface area contributed by atoms with Gasteiger partial charge < -0.3 is 4.74 Å². The molecule has 0 aromatic heterocycles. The molecule has 0 saturated carbocycles. The first-order chi connectivity index (χ1) is 12.0. The van der Waals surface area contributed by atoms with E-state index < -0.39 is 5.82 Å². The molecule has 0 aliphatic heterocycles. The molecule has 3 aromatic carbocycles. The highest BCUT2D eigenvalue weighted by Crippen LogP contribution is 2.31. The molecule has 122 valence electrons. The summed E-state index contributed by atoms with van der Waals surface area (Å²) >= 11 is 3.18. The van der Waals surface area contributed by atoms with Gasteiger partial charge in [-0.2, -0.15) is 0 Å². The van der Waals surface area contributed by atoms with E-state index in [-0.39, 0.29) is 23.1 Å². The van der Waals surface area contributed by atoms with Crippen molar-refractivity contribution in [3.63, 3.8) is 0 Å². The molecule has 3 nitrogen and oxygen atoms in total. The Labute approximate surface area is 150 Å². The van der Waals surface area contributed by atoms with Crippen LogP contribution in [-0.4, -0.2) is 11.6 Å². The van der Waals surface area contributed by atoms with Gasteiger partial charge in [0.2, 0.25) is 5.78 Å². The van der Waals surface area contributed by atoms with Gasteiger partial charge in [-0.05, 0) is 57.0 Å². The Morgan fingerprint density at radius 3 is 2.24 bits per heavy atom. The van der Waals surface area contributed by atoms with Gasteiger partial charge in [-0.3, -0.25) is 9.59 Å². The van der Waals surface area contributed by atoms with Crippen LogP contribution in [-0.2, 0) is 0 Å². The molecule has 5 heteroatoms. The molecule has 0 N–H and O–H groups in total. The van der Waals surface area contributed by atoms with Gasteiger partial charge in [-0.15, -0.1) is 0 Å². The van der Waals surface area contributed by atoms with Crippen LogP contribution in [0.25, 0.3) is 10.8 Å². The predicted molar refractivity (Wildman–Crippen MR) is 95.4 cm³/mol. The van der Waals surface area contributed by atoms with Crippen molar-refractivity contribution < 1.29 is 18.7 Å². The number of halogens is 2. The Morgan fingerprint density at radius 2 is 1.56 bits per heavy atom. The molecule has 0 fully saturated rings. The lowest BCUT2D eigenvalue weighted by molar-refractivity contribution is 0.0947. The number of allylic oxidation sites excluding steroid dienone is 2. The van der Waals surface area contributed by atoms with Gasteiger partial charge in [0.15, 0.2) is 11.5 Å². The van der Waals surface area contributed by atoms with Crippen molar-refractivity contribution in [2.45, 2.75) is 0 Å². The number of ketones is 2. The highest BCUT2D eigenvalue weighted by molar-refractivity contribution is 9.10. The van der Waals surface area contributed by atoms with E-state index in [0.717, 1.165) is 10.8 Å². The van der Waals surface area contributed by atoms with E-state index in [4.69, 9.17) is 4.74 Å². The molecule has 0 spiro atoms. The third-order valence-electron chi connectivity index (χ3n) is 4.00. The molecule has 0 heterocycles. The Balaban J connectivity index is 1.77. The first-order valence-corrected chi connectivity index (χ1v) is 8.28. The lowest BCUT2D eigenvalue weighted by Crippen LogP contribution is -2.20. The summed E-state index contributed by atoms with van der Waals surface area (Å²) in [6.07, 6.45) is 1.18. The van der Waals surface area contributed by atoms with E-state index in [1.54, 1.807) is 12.1 Å². The number of rotatable bonds is 2. The number of hydrogen-bond donors (Lipinski definition) is 0. The van der Waals surface area contributed by atoms with Gasteiger partial charge in [0.1, 0.15) is 11.6 Å². The lowest BCUT2D eigenvalue weighted by Gasteiger charge is -2.17. The standard InChI is InChI=1S/C20H10BrFO3/c21-16-9-13(22)5-6-18(16)25-19-10-17(23)14-7-11-3-1-2-4-12(11)8-15(14)20(19)24/h1-10H. The molecule has 0 saturated heterocycles. The van der Waals surface area contributed by atoms with Crippen LogP contribution >= 0.6 is 15.9 Å². The molecule has 0 radical (unpaired) electrons. The molecule has 1 aliphatic rings. The fourth-order valence-electron chi connectivity index (χ4n) is 2.78. The largest absolute Gasteiger partial charge is 0.452 e. The summed E-state index contributed by atoms with van der Waals surface area (Å²) < 4.78 is 19.1. The smallest absolute Gasteiger partial charge is 0.229 e. The fraction of sp³-hybridized carbons (Fsp3) is 0. The van der Waals surface area contributed by atoms with Gasteiger partial charge in [-0.25, -0.2) is 4.39 Å². The Bertz CT molecular complexity index is 1090. The highest BCUT2D eigenvalue weighted by Gasteiger charge is 2.28. The van der Waals surface area contributed by atoms with Crippen LogP contribution in [0.3, 0.4) is 0 Å². The van der Waals surface area contributed by atoms with E-state index in [1.807, 2.05) is 24.3 Å². The summed E-state index contributed by atoms with van der Waals surface area (Å²) in [5.74, 6) is -0.931. The molecule has 0 amide bonds. The summed E-state index contributed by atoms with van der Waals surface area (Å²) in [5.41, 5.74) is 0.661. The zero-order chi connectivity index (χ0) is 17.6. The van der Waals surface area contributed by atoms with Crippen molar-refractivity contribution in [1.82, 2.24) is 0 Å². The Hall–Kier alpha value is -2.79. The van der Waals surface area contributed by atoms with Crippen molar-refractivity contribution in [3.8, 4) is 5.75 Å². The summed E-state index contributed by atoms with van der Waals surface area (Å²) in [7, 11) is 0. The van der Waals surface area contributed by atoms with Crippen LogP contribution in [0.2, 0.25) is 0 Å². The Morgan fingerprint density at radius 1 is 0.880 bits per heavy atom. The van der Waals surface area contributed by atoms with Crippen LogP contribution in [0.1, 0.15) is 20.7 Å². The van der Waals surface area contributed by atoms with Gasteiger partial charge in [0.25, 0.3) is 0 Å². The predicted octanol–water partition coefficient (Wildman–Crippen LogP) is 5.08. The van der Waals surface area contributed by atoms with Crippen LogP contribution in [0.5, 0.6) is 5.75 Å². The first-order valence-electron chi connectivity index (χ1n) is 7.49. The van der Waals surface area contributed by atoms with Crippen molar-refractivity contribution in [2.24, 2.45) is 0 Å². The SMILES string of the molecule is O=C1C=C(Oc2ccc(F)cc2Br)C(=O)c2cc3ccccc3cc21. The maximum absolute atomic E-state index is 13.2. The number of carbonyl (C=O) groups excluding carboxylic acids is 2. The fourth-order valence-corrected chi connectivity index (χ4v) is 3.21. The van der Waals surface area contributed by atoms with Crippen LogP contribution < -0.4 is 4.74 Å². The number of carbonyl (C=O) groups is 2. The number of ether oxygens (including phenoxy) is 1. The second-order valence-electron chi connectivity index (χ2n) is 5.62. The van der Waals surface area contributed by atoms with E-state index in [9.17, 15) is 14.0 Å². The molecular weight excluding hydrogens is 387 g/mol. The number of Topliss-reactive ketones (excluding diaryl/α,β-unsaturated/α-hetero) is 1. The summed E-state index contributed by atoms with van der Waals surface area (Å²) in [5, 5.41) is 1.76. The molecule has 25 heavy (non-hydrogen) atoms. The van der Waals surface area contributed by atoms with Crippen LogP contribution in [0, 0.1) is 5.82 Å². The molecule has 0 bridgehead atoms. The number of benzene rings is 3. The third-order valence-corrected chi connectivity index (χ3v) is 4.62. The van der Waals surface area contributed by atoms with E-state index in [0.29, 0.717) is 15.6 Å². The first kappa shape index (κ1) is 15.7. The quantitative estimate of drug-likeness (QED) is 0.606. The van der Waals surface area contributed by atoms with Crippen molar-refractivity contribution in [3.05, 3.63) is 87.8 Å². The molecule has 0 unspecified atom stereocenters. The molecular formula is C20H10BrFO3. The van der Waals surface area contributed by atoms with Crippen LogP contribution in [0.4, 0.5) is 4.39 Å². The van der Waals surface area contributed by atoms with Crippen molar-refractivity contribution in [1.29, 1.82) is 0 Å². The van der Waals surface area contributed by atoms with E-state index in [2.05, 4.69) is 15.9 Å². The second kappa shape index (κ2) is 5.93.